The van der Waals surface area contributed by atoms with Gasteiger partial charge in [-0.05, 0) is 54.2 Å². The lowest BCUT2D eigenvalue weighted by Crippen LogP contribution is -1.94. The molecule has 0 atom stereocenters. The first-order chi connectivity index (χ1) is 14.7. The van der Waals surface area contributed by atoms with Gasteiger partial charge in [-0.3, -0.25) is 10.1 Å². The summed E-state index contributed by atoms with van der Waals surface area (Å²) in [6.07, 6.45) is 21.1. The van der Waals surface area contributed by atoms with Crippen molar-refractivity contribution < 1.29 is 4.74 Å². The summed E-state index contributed by atoms with van der Waals surface area (Å²) < 4.78 is 5.56. The molecule has 4 nitrogen and oxygen atoms in total. The van der Waals surface area contributed by atoms with Gasteiger partial charge in [-0.1, -0.05) is 60.8 Å². The zero-order valence-electron chi connectivity index (χ0n) is 17.4. The molecule has 0 radical (unpaired) electrons. The van der Waals surface area contributed by atoms with Gasteiger partial charge in [0.15, 0.2) is 0 Å². The van der Waals surface area contributed by atoms with Crippen LogP contribution in [0.4, 0.5) is 0 Å². The Bertz CT molecular complexity index is 1150. The Morgan fingerprint density at radius 3 is 2.80 bits per heavy atom. The van der Waals surface area contributed by atoms with E-state index in [0.29, 0.717) is 5.88 Å². The number of hydrogen-bond donors (Lipinski definition) is 1. The molecule has 2 aromatic heterocycles. The number of nitrogens with one attached hydrogen (secondary N) is 1. The minimum atomic E-state index is 0.554. The smallest absolute Gasteiger partial charge is 0.240 e. The lowest BCUT2D eigenvalue weighted by atomic mass is 9.96. The van der Waals surface area contributed by atoms with Crippen LogP contribution < -0.4 is 4.74 Å². The average molecular weight is 396 g/mol. The van der Waals surface area contributed by atoms with Gasteiger partial charge in [0.1, 0.15) is 0 Å². The largest absolute Gasteiger partial charge is 0.479 e. The van der Waals surface area contributed by atoms with Crippen LogP contribution in [0, 0.1) is 6.92 Å². The van der Waals surface area contributed by atoms with E-state index in [1.807, 2.05) is 31.2 Å². The molecule has 150 valence electrons. The second-order valence-corrected chi connectivity index (χ2v) is 7.23. The Balaban J connectivity index is 1.77. The summed E-state index contributed by atoms with van der Waals surface area (Å²) in [5.74, 6) is 0.554. The Morgan fingerprint density at radius 1 is 1.13 bits per heavy atom. The van der Waals surface area contributed by atoms with E-state index < -0.39 is 0 Å². The van der Waals surface area contributed by atoms with Crippen molar-refractivity contribution in [3.63, 3.8) is 0 Å². The molecule has 0 bridgehead atoms. The third kappa shape index (κ3) is 4.03. The number of aromatic amines is 1. The molecule has 0 amide bonds. The summed E-state index contributed by atoms with van der Waals surface area (Å²) in [6, 6.07) is 5.96. The van der Waals surface area contributed by atoms with Crippen LogP contribution in [0.1, 0.15) is 24.1 Å². The van der Waals surface area contributed by atoms with Gasteiger partial charge in [0, 0.05) is 5.69 Å². The summed E-state index contributed by atoms with van der Waals surface area (Å²) in [4.78, 5) is 4.66. The fraction of sp³-hybridized carbons (Fsp3) is 0.154. The molecular weight excluding hydrogens is 370 g/mol. The van der Waals surface area contributed by atoms with Crippen molar-refractivity contribution in [1.82, 2.24) is 15.2 Å². The van der Waals surface area contributed by atoms with Crippen LogP contribution >= 0.6 is 0 Å². The molecule has 0 saturated carbocycles. The number of allylic oxidation sites excluding steroid dienone is 13. The number of nitrogens with zero attached hydrogens (tertiary/aromatic N) is 2. The molecule has 0 aromatic carbocycles. The van der Waals surface area contributed by atoms with E-state index in [2.05, 4.69) is 70.4 Å². The summed E-state index contributed by atoms with van der Waals surface area (Å²) in [6.45, 7) is 5.84. The number of ether oxygens (including phenoxy) is 1. The average Bonchev–Trinajstić information content (AvgIpc) is 3.07. The van der Waals surface area contributed by atoms with Gasteiger partial charge < -0.3 is 4.74 Å². The molecular formula is C26H25N3O. The van der Waals surface area contributed by atoms with Gasteiger partial charge in [0.25, 0.3) is 0 Å². The van der Waals surface area contributed by atoms with Crippen molar-refractivity contribution in [2.75, 3.05) is 7.11 Å². The van der Waals surface area contributed by atoms with Crippen molar-refractivity contribution >= 4 is 5.57 Å². The number of aromatic nitrogens is 3. The molecule has 2 aliphatic carbocycles. The second-order valence-electron chi connectivity index (χ2n) is 7.23. The van der Waals surface area contributed by atoms with Gasteiger partial charge in [-0.2, -0.15) is 0 Å². The number of methoxy groups -OCH3 is 1. The number of aryl methyl sites for hydroxylation is 1. The molecule has 4 heteroatoms. The van der Waals surface area contributed by atoms with E-state index in [-0.39, 0.29) is 0 Å². The maximum atomic E-state index is 5.56. The highest BCUT2D eigenvalue weighted by molar-refractivity contribution is 5.87. The van der Waals surface area contributed by atoms with E-state index >= 15 is 0 Å². The quantitative estimate of drug-likeness (QED) is 0.626. The topological polar surface area (TPSA) is 50.8 Å². The fourth-order valence-corrected chi connectivity index (χ4v) is 3.68. The predicted octanol–water partition coefficient (Wildman–Crippen LogP) is 6.06. The zero-order valence-corrected chi connectivity index (χ0v) is 17.4. The molecule has 0 aliphatic heterocycles. The molecule has 30 heavy (non-hydrogen) atoms. The molecule has 1 N–H and O–H groups in total. The Hall–Kier alpha value is -3.66. The van der Waals surface area contributed by atoms with Gasteiger partial charge in [-0.15, -0.1) is 11.7 Å². The predicted molar refractivity (Wildman–Crippen MR) is 123 cm³/mol. The van der Waals surface area contributed by atoms with Gasteiger partial charge in [-0.25, -0.2) is 0 Å². The first-order valence-corrected chi connectivity index (χ1v) is 10.0. The van der Waals surface area contributed by atoms with E-state index in [1.165, 1.54) is 16.7 Å². The lowest BCUT2D eigenvalue weighted by Gasteiger charge is -2.10. The standard InChI is InChI=1S/C26H25N3O/c1-4-8-19-10-6-11-20-15-16-21(12-7-13-22(20)17-19)24-25(28-29-26(24)30-3)23-14-5-9-18(2)27-23/h4-5,7,9-17H,1,6,8H2,2-3H3,(H,28,29)/b13-7+,16-15-,21-12-. The number of H-pyrrole nitrogens is 1. The Morgan fingerprint density at radius 2 is 2.00 bits per heavy atom. The van der Waals surface area contributed by atoms with E-state index in [1.54, 1.807) is 7.11 Å². The van der Waals surface area contributed by atoms with Crippen LogP contribution in [-0.4, -0.2) is 22.3 Å². The SMILES string of the molecule is C=CCC1=CCC=C2\C=C/C(c3c(OC)n[nH]c3-c3cccc(C)n3)=C/C=C/C2=C1. The summed E-state index contributed by atoms with van der Waals surface area (Å²) >= 11 is 0. The highest BCUT2D eigenvalue weighted by Gasteiger charge is 2.19. The maximum Gasteiger partial charge on any atom is 0.240 e. The van der Waals surface area contributed by atoms with Crippen LogP contribution in [0.15, 0.2) is 96.2 Å². The number of hydrogen-bond acceptors (Lipinski definition) is 3. The van der Waals surface area contributed by atoms with Crippen LogP contribution in [-0.2, 0) is 0 Å². The maximum absolute atomic E-state index is 5.56. The minimum Gasteiger partial charge on any atom is -0.479 e. The molecule has 2 aliphatic rings. The highest BCUT2D eigenvalue weighted by atomic mass is 16.5. The van der Waals surface area contributed by atoms with Crippen molar-refractivity contribution in [3.05, 3.63) is 107 Å². The minimum absolute atomic E-state index is 0.554. The lowest BCUT2D eigenvalue weighted by molar-refractivity contribution is 0.396. The fourth-order valence-electron chi connectivity index (χ4n) is 3.68. The molecule has 0 fully saturated rings. The zero-order chi connectivity index (χ0) is 20.9. The highest BCUT2D eigenvalue weighted by Crippen LogP contribution is 2.35. The third-order valence-electron chi connectivity index (χ3n) is 5.13. The monoisotopic (exact) mass is 395 g/mol. The van der Waals surface area contributed by atoms with Crippen LogP contribution in [0.3, 0.4) is 0 Å². The van der Waals surface area contributed by atoms with Crippen LogP contribution in [0.5, 0.6) is 5.88 Å². The summed E-state index contributed by atoms with van der Waals surface area (Å²) in [5.41, 5.74) is 8.25. The van der Waals surface area contributed by atoms with Crippen molar-refractivity contribution in [3.8, 4) is 17.3 Å². The Labute approximate surface area is 177 Å². The van der Waals surface area contributed by atoms with Gasteiger partial charge in [0.2, 0.25) is 5.88 Å². The summed E-state index contributed by atoms with van der Waals surface area (Å²) in [5, 5.41) is 7.48. The normalized spacial score (nSPS) is 19.5. The van der Waals surface area contributed by atoms with E-state index in [4.69, 9.17) is 4.74 Å². The van der Waals surface area contributed by atoms with Gasteiger partial charge >= 0.3 is 0 Å². The second kappa shape index (κ2) is 8.78. The van der Waals surface area contributed by atoms with Gasteiger partial charge in [0.05, 0.1) is 24.1 Å². The van der Waals surface area contributed by atoms with Crippen molar-refractivity contribution in [1.29, 1.82) is 0 Å². The van der Waals surface area contributed by atoms with Crippen LogP contribution in [0.2, 0.25) is 0 Å². The molecule has 2 aromatic rings. The molecule has 0 unspecified atom stereocenters. The van der Waals surface area contributed by atoms with Crippen molar-refractivity contribution in [2.24, 2.45) is 0 Å². The third-order valence-corrected chi connectivity index (χ3v) is 5.13. The summed E-state index contributed by atoms with van der Waals surface area (Å²) in [7, 11) is 1.64. The van der Waals surface area contributed by atoms with E-state index in [9.17, 15) is 0 Å². The number of rotatable bonds is 5. The molecule has 4 rings (SSSR count). The first-order valence-electron chi connectivity index (χ1n) is 10.0. The van der Waals surface area contributed by atoms with E-state index in [0.717, 1.165) is 41.1 Å². The first kappa shape index (κ1) is 19.6. The number of pyridine rings is 1. The Kier molecular flexibility index (Phi) is 5.75. The van der Waals surface area contributed by atoms with Crippen molar-refractivity contribution in [2.45, 2.75) is 19.8 Å². The molecule has 2 heterocycles. The molecule has 0 saturated heterocycles. The number of fused-ring (bicyclic) bond motifs is 1. The molecule has 0 spiro atoms. The van der Waals surface area contributed by atoms with Crippen LogP contribution in [0.25, 0.3) is 17.0 Å².